The topological polar surface area (TPSA) is 99.2 Å². The highest BCUT2D eigenvalue weighted by molar-refractivity contribution is 5.92. The van der Waals surface area contributed by atoms with E-state index in [4.69, 9.17) is 5.11 Å². The number of aliphatic carboxylic acids is 1. The molecule has 2 atom stereocenters. The maximum atomic E-state index is 11.9. The molecular weight excluding hydrogens is 212 g/mol. The summed E-state index contributed by atoms with van der Waals surface area (Å²) >= 11 is 0. The van der Waals surface area contributed by atoms with Crippen LogP contribution in [0.15, 0.2) is 6.20 Å². The Bertz CT molecular complexity index is 403. The molecule has 1 aromatic rings. The predicted molar refractivity (Wildman–Crippen MR) is 52.6 cm³/mol. The molecule has 1 saturated heterocycles. The van der Waals surface area contributed by atoms with Crippen LogP contribution in [-0.2, 0) is 4.79 Å². The zero-order valence-electron chi connectivity index (χ0n) is 8.75. The molecule has 1 aromatic heterocycles. The third-order valence-corrected chi connectivity index (χ3v) is 2.97. The highest BCUT2D eigenvalue weighted by Crippen LogP contribution is 2.25. The van der Waals surface area contributed by atoms with Crippen molar-refractivity contribution in [2.75, 3.05) is 6.54 Å². The van der Waals surface area contributed by atoms with Gasteiger partial charge in [-0.2, -0.15) is 15.4 Å². The van der Waals surface area contributed by atoms with Crippen molar-refractivity contribution in [2.45, 2.75) is 19.4 Å². The number of H-pyrrole nitrogens is 1. The Morgan fingerprint density at radius 3 is 2.88 bits per heavy atom. The number of carbonyl (C=O) groups is 2. The molecule has 0 aromatic carbocycles. The second kappa shape index (κ2) is 3.92. The van der Waals surface area contributed by atoms with Gasteiger partial charge in [0.15, 0.2) is 5.69 Å². The van der Waals surface area contributed by atoms with Crippen LogP contribution in [0.2, 0.25) is 0 Å². The first-order valence-corrected chi connectivity index (χ1v) is 5.01. The summed E-state index contributed by atoms with van der Waals surface area (Å²) in [5.41, 5.74) is 0.220. The zero-order valence-corrected chi connectivity index (χ0v) is 8.75. The van der Waals surface area contributed by atoms with Gasteiger partial charge in [0.1, 0.15) is 0 Å². The average molecular weight is 224 g/mol. The van der Waals surface area contributed by atoms with Crippen LogP contribution in [0.1, 0.15) is 23.8 Å². The van der Waals surface area contributed by atoms with Crippen molar-refractivity contribution in [1.82, 2.24) is 20.3 Å². The summed E-state index contributed by atoms with van der Waals surface area (Å²) in [6.07, 6.45) is 1.82. The van der Waals surface area contributed by atoms with Gasteiger partial charge >= 0.3 is 5.97 Å². The third kappa shape index (κ3) is 1.64. The van der Waals surface area contributed by atoms with Crippen molar-refractivity contribution in [3.8, 4) is 0 Å². The first-order valence-electron chi connectivity index (χ1n) is 5.01. The molecule has 0 aliphatic carbocycles. The lowest BCUT2D eigenvalue weighted by molar-refractivity contribution is -0.142. The van der Waals surface area contributed by atoms with E-state index in [1.54, 1.807) is 6.92 Å². The lowest BCUT2D eigenvalue weighted by Gasteiger charge is -2.21. The van der Waals surface area contributed by atoms with Crippen LogP contribution < -0.4 is 0 Å². The third-order valence-electron chi connectivity index (χ3n) is 2.97. The van der Waals surface area contributed by atoms with E-state index in [2.05, 4.69) is 15.4 Å². The molecule has 2 heterocycles. The Hall–Kier alpha value is -1.92. The number of nitrogens with one attached hydrogen (secondary N) is 1. The summed E-state index contributed by atoms with van der Waals surface area (Å²) in [5.74, 6) is -1.62. The number of hydrogen-bond acceptors (Lipinski definition) is 4. The van der Waals surface area contributed by atoms with Gasteiger partial charge in [0.2, 0.25) is 0 Å². The number of aromatic nitrogens is 3. The van der Waals surface area contributed by atoms with Crippen LogP contribution in [-0.4, -0.2) is 49.9 Å². The fourth-order valence-corrected chi connectivity index (χ4v) is 2.01. The molecule has 0 spiro atoms. The number of likely N-dealkylation sites (tertiary alicyclic amines) is 1. The van der Waals surface area contributed by atoms with Crippen LogP contribution in [0.5, 0.6) is 0 Å². The van der Waals surface area contributed by atoms with Gasteiger partial charge in [0.05, 0.1) is 12.1 Å². The molecule has 1 amide bonds. The highest BCUT2D eigenvalue weighted by atomic mass is 16.4. The molecule has 1 aliphatic heterocycles. The van der Waals surface area contributed by atoms with Gasteiger partial charge in [-0.15, -0.1) is 0 Å². The van der Waals surface area contributed by atoms with E-state index >= 15 is 0 Å². The molecule has 86 valence electrons. The van der Waals surface area contributed by atoms with Crippen molar-refractivity contribution in [3.05, 3.63) is 11.9 Å². The molecule has 1 fully saturated rings. The summed E-state index contributed by atoms with van der Waals surface area (Å²) in [5, 5.41) is 18.5. The summed E-state index contributed by atoms with van der Waals surface area (Å²) in [7, 11) is 0. The fraction of sp³-hybridized carbons (Fsp3) is 0.556. The minimum Gasteiger partial charge on any atom is -0.481 e. The van der Waals surface area contributed by atoms with Crippen LogP contribution >= 0.6 is 0 Å². The summed E-state index contributed by atoms with van der Waals surface area (Å²) in [4.78, 5) is 24.3. The summed E-state index contributed by atoms with van der Waals surface area (Å²) in [6.45, 7) is 2.19. The SMILES string of the molecule is CC1C(C(=O)O)CCN1C(=O)c1cn[nH]n1. The smallest absolute Gasteiger partial charge is 0.308 e. The number of hydrogen-bond donors (Lipinski definition) is 2. The molecular formula is C9H12N4O3. The molecule has 0 saturated carbocycles. The second-order valence-electron chi connectivity index (χ2n) is 3.83. The first kappa shape index (κ1) is 10.6. The average Bonchev–Trinajstić information content (AvgIpc) is 2.84. The molecule has 0 bridgehead atoms. The fourth-order valence-electron chi connectivity index (χ4n) is 2.01. The van der Waals surface area contributed by atoms with E-state index in [1.165, 1.54) is 11.1 Å². The number of amides is 1. The summed E-state index contributed by atoms with van der Waals surface area (Å²) in [6, 6.07) is -0.304. The molecule has 2 rings (SSSR count). The van der Waals surface area contributed by atoms with Crippen LogP contribution in [0.25, 0.3) is 0 Å². The molecule has 2 unspecified atom stereocenters. The van der Waals surface area contributed by atoms with Crippen LogP contribution in [0.3, 0.4) is 0 Å². The minimum atomic E-state index is -0.858. The van der Waals surface area contributed by atoms with Crippen molar-refractivity contribution < 1.29 is 14.7 Å². The first-order chi connectivity index (χ1) is 7.61. The molecule has 7 heteroatoms. The van der Waals surface area contributed by atoms with E-state index in [1.807, 2.05) is 0 Å². The van der Waals surface area contributed by atoms with Crippen molar-refractivity contribution in [1.29, 1.82) is 0 Å². The normalized spacial score (nSPS) is 24.7. The molecule has 0 radical (unpaired) electrons. The van der Waals surface area contributed by atoms with Gasteiger partial charge in [0, 0.05) is 12.6 Å². The Kier molecular flexibility index (Phi) is 2.59. The number of nitrogens with zero attached hydrogens (tertiary/aromatic N) is 3. The highest BCUT2D eigenvalue weighted by Gasteiger charge is 2.38. The Balaban J connectivity index is 2.13. The predicted octanol–water partition coefficient (Wildman–Crippen LogP) is -0.260. The minimum absolute atomic E-state index is 0.220. The lowest BCUT2D eigenvalue weighted by atomic mass is 10.0. The van der Waals surface area contributed by atoms with E-state index in [0.717, 1.165) is 0 Å². The Labute approximate surface area is 91.4 Å². The van der Waals surface area contributed by atoms with E-state index in [-0.39, 0.29) is 17.6 Å². The molecule has 7 nitrogen and oxygen atoms in total. The quantitative estimate of drug-likeness (QED) is 0.721. The van der Waals surface area contributed by atoms with Gasteiger partial charge in [-0.3, -0.25) is 9.59 Å². The number of rotatable bonds is 2. The van der Waals surface area contributed by atoms with Gasteiger partial charge in [-0.1, -0.05) is 0 Å². The number of carboxylic acid groups (broad SMARTS) is 1. The van der Waals surface area contributed by atoms with Gasteiger partial charge < -0.3 is 10.0 Å². The summed E-state index contributed by atoms with van der Waals surface area (Å²) < 4.78 is 0. The van der Waals surface area contributed by atoms with Crippen molar-refractivity contribution in [2.24, 2.45) is 5.92 Å². The van der Waals surface area contributed by atoms with E-state index in [9.17, 15) is 9.59 Å². The lowest BCUT2D eigenvalue weighted by Crippen LogP contribution is -2.37. The monoisotopic (exact) mass is 224 g/mol. The Morgan fingerprint density at radius 2 is 2.38 bits per heavy atom. The van der Waals surface area contributed by atoms with Crippen LogP contribution in [0.4, 0.5) is 0 Å². The largest absolute Gasteiger partial charge is 0.481 e. The molecule has 2 N–H and O–H groups in total. The maximum Gasteiger partial charge on any atom is 0.308 e. The van der Waals surface area contributed by atoms with Crippen molar-refractivity contribution >= 4 is 11.9 Å². The number of aromatic amines is 1. The maximum absolute atomic E-state index is 11.9. The molecule has 1 aliphatic rings. The number of carboxylic acids is 1. The van der Waals surface area contributed by atoms with Gasteiger partial charge in [-0.25, -0.2) is 0 Å². The second-order valence-corrected chi connectivity index (χ2v) is 3.83. The van der Waals surface area contributed by atoms with E-state index in [0.29, 0.717) is 13.0 Å². The van der Waals surface area contributed by atoms with E-state index < -0.39 is 11.9 Å². The zero-order chi connectivity index (χ0) is 11.7. The van der Waals surface area contributed by atoms with Crippen LogP contribution in [0, 0.1) is 5.92 Å². The van der Waals surface area contributed by atoms with Crippen molar-refractivity contribution in [3.63, 3.8) is 0 Å². The molecule has 16 heavy (non-hydrogen) atoms. The Morgan fingerprint density at radius 1 is 1.62 bits per heavy atom. The number of carbonyl (C=O) groups excluding carboxylic acids is 1. The van der Waals surface area contributed by atoms with Gasteiger partial charge in [0.25, 0.3) is 5.91 Å². The van der Waals surface area contributed by atoms with Gasteiger partial charge in [-0.05, 0) is 13.3 Å². The standard InChI is InChI=1S/C9H12N4O3/c1-5-6(9(15)16)2-3-13(5)8(14)7-4-10-12-11-7/h4-6H,2-3H2,1H3,(H,15,16)(H,10,11,12).